The Morgan fingerprint density at radius 1 is 1.05 bits per heavy atom. The Balaban J connectivity index is 1.56. The van der Waals surface area contributed by atoms with E-state index in [4.69, 9.17) is 4.74 Å². The number of methoxy groups -OCH3 is 1. The molecule has 2 unspecified atom stereocenters. The number of nitrogens with zero attached hydrogens (tertiary/aromatic N) is 1. The Morgan fingerprint density at radius 3 is 2.35 bits per heavy atom. The second-order valence-corrected chi connectivity index (χ2v) is 11.2. The average Bonchev–Trinajstić information content (AvgIpc) is 2.85. The first-order chi connectivity index (χ1) is 17.7. The van der Waals surface area contributed by atoms with Crippen molar-refractivity contribution in [1.29, 1.82) is 0 Å². The van der Waals surface area contributed by atoms with Gasteiger partial charge in [0, 0.05) is 5.39 Å². The number of ether oxygens (including phenoxy) is 1. The smallest absolute Gasteiger partial charge is 0.341 e. The quantitative estimate of drug-likeness (QED) is 0.461. The number of carbonyl (C=O) groups excluding carboxylic acids is 1. The number of fused-ring (bicyclic) bond motifs is 3. The lowest BCUT2D eigenvalue weighted by Gasteiger charge is -2.48. The molecule has 5 rings (SSSR count). The van der Waals surface area contributed by atoms with Crippen LogP contribution in [0.25, 0.3) is 10.9 Å². The summed E-state index contributed by atoms with van der Waals surface area (Å²) in [6.45, 7) is 4.66. The third kappa shape index (κ3) is 4.75. The summed E-state index contributed by atoms with van der Waals surface area (Å²) < 4.78 is 6.69. The number of carboxylic acids is 1. The lowest BCUT2D eigenvalue weighted by Crippen LogP contribution is -2.47. The summed E-state index contributed by atoms with van der Waals surface area (Å²) in [5.74, 6) is 0.976. The van der Waals surface area contributed by atoms with E-state index in [1.54, 1.807) is 37.4 Å². The number of carbonyl (C=O) groups is 2. The number of aromatic carboxylic acids is 1. The average molecular weight is 503 g/mol. The number of aromatic nitrogens is 1. The molecule has 0 aliphatic heterocycles. The zero-order valence-corrected chi connectivity index (χ0v) is 21.6. The largest absolute Gasteiger partial charge is 0.497 e. The third-order valence-electron chi connectivity index (χ3n) is 8.23. The van der Waals surface area contributed by atoms with Crippen LogP contribution in [0.5, 0.6) is 5.75 Å². The number of carboxylic acid groups (broad SMARTS) is 1. The van der Waals surface area contributed by atoms with Gasteiger partial charge in [-0.15, -0.1) is 0 Å². The van der Waals surface area contributed by atoms with E-state index in [1.807, 2.05) is 12.1 Å². The fraction of sp³-hybridized carbons (Fsp3) is 0.433. The number of nitrogens with one attached hydrogen (secondary N) is 1. The first-order valence-corrected chi connectivity index (χ1v) is 13.0. The third-order valence-corrected chi connectivity index (χ3v) is 8.23. The van der Waals surface area contributed by atoms with Crippen LogP contribution in [0.15, 0.2) is 53.3 Å². The number of pyridine rings is 1. The minimum atomic E-state index is -1.29. The fourth-order valence-electron chi connectivity index (χ4n) is 6.97. The normalized spacial score (nSPS) is 25.0. The number of rotatable bonds is 6. The van der Waals surface area contributed by atoms with Crippen molar-refractivity contribution in [2.24, 2.45) is 23.2 Å². The van der Waals surface area contributed by atoms with Crippen molar-refractivity contribution in [3.63, 3.8) is 0 Å². The van der Waals surface area contributed by atoms with E-state index in [0.717, 1.165) is 24.8 Å². The van der Waals surface area contributed by atoms with Gasteiger partial charge in [-0.05, 0) is 85.8 Å². The van der Waals surface area contributed by atoms with Crippen molar-refractivity contribution >= 4 is 28.5 Å². The second kappa shape index (κ2) is 9.69. The van der Waals surface area contributed by atoms with Crippen LogP contribution in [0, 0.1) is 23.2 Å². The molecular formula is C30H34N2O5. The number of hydrogen-bond donors (Lipinski definition) is 2. The number of benzene rings is 2. The lowest BCUT2D eigenvalue weighted by atomic mass is 9.56. The van der Waals surface area contributed by atoms with Gasteiger partial charge >= 0.3 is 5.97 Å². The zero-order chi connectivity index (χ0) is 26.3. The molecule has 2 aliphatic rings. The minimum Gasteiger partial charge on any atom is -0.497 e. The van der Waals surface area contributed by atoms with E-state index >= 15 is 0 Å². The number of amides is 1. The van der Waals surface area contributed by atoms with Crippen molar-refractivity contribution in [2.75, 3.05) is 12.4 Å². The molecule has 3 aromatic rings. The van der Waals surface area contributed by atoms with Crippen molar-refractivity contribution in [3.05, 3.63) is 70.0 Å². The van der Waals surface area contributed by atoms with Crippen LogP contribution in [0.1, 0.15) is 61.9 Å². The summed E-state index contributed by atoms with van der Waals surface area (Å²) >= 11 is 0. The van der Waals surface area contributed by atoms with Crippen LogP contribution in [0.4, 0.5) is 5.69 Å². The maximum atomic E-state index is 13.8. The fourth-order valence-corrected chi connectivity index (χ4v) is 6.97. The monoisotopic (exact) mass is 502 g/mol. The molecule has 2 bridgehead atoms. The molecule has 1 heterocycles. The van der Waals surface area contributed by atoms with Crippen molar-refractivity contribution in [2.45, 2.75) is 52.5 Å². The first-order valence-electron chi connectivity index (χ1n) is 13.0. The van der Waals surface area contributed by atoms with Crippen LogP contribution in [0.3, 0.4) is 0 Å². The van der Waals surface area contributed by atoms with Gasteiger partial charge in [0.25, 0.3) is 5.56 Å². The summed E-state index contributed by atoms with van der Waals surface area (Å²) in [7, 11) is 1.58. The molecule has 2 aromatic carbocycles. The van der Waals surface area contributed by atoms with Crippen LogP contribution < -0.4 is 15.6 Å². The van der Waals surface area contributed by atoms with Gasteiger partial charge in [0.05, 0.1) is 30.3 Å². The van der Waals surface area contributed by atoms with E-state index in [2.05, 4.69) is 19.2 Å². The summed E-state index contributed by atoms with van der Waals surface area (Å²) in [5.41, 5.74) is 0.638. The van der Waals surface area contributed by atoms with Gasteiger partial charge in [-0.1, -0.05) is 32.0 Å². The molecular weight excluding hydrogens is 468 g/mol. The van der Waals surface area contributed by atoms with Crippen molar-refractivity contribution < 1.29 is 19.4 Å². The topological polar surface area (TPSA) is 97.6 Å². The van der Waals surface area contributed by atoms with Crippen molar-refractivity contribution in [3.8, 4) is 5.75 Å². The van der Waals surface area contributed by atoms with Gasteiger partial charge < -0.3 is 19.7 Å². The van der Waals surface area contributed by atoms with Gasteiger partial charge in [-0.25, -0.2) is 4.79 Å². The first kappa shape index (κ1) is 25.1. The van der Waals surface area contributed by atoms with Gasteiger partial charge in [-0.2, -0.15) is 0 Å². The van der Waals surface area contributed by atoms with Gasteiger partial charge in [0.2, 0.25) is 5.91 Å². The Labute approximate surface area is 216 Å². The maximum absolute atomic E-state index is 13.8. The number of anilines is 1. The van der Waals surface area contributed by atoms with Crippen molar-refractivity contribution in [1.82, 2.24) is 4.57 Å². The summed E-state index contributed by atoms with van der Waals surface area (Å²) in [4.78, 5) is 39.1. The van der Waals surface area contributed by atoms with Gasteiger partial charge in [0.15, 0.2) is 0 Å². The summed E-state index contributed by atoms with van der Waals surface area (Å²) in [5, 5.41) is 13.5. The highest BCUT2D eigenvalue weighted by molar-refractivity contribution is 6.05. The van der Waals surface area contributed by atoms with E-state index in [-0.39, 0.29) is 18.0 Å². The summed E-state index contributed by atoms with van der Waals surface area (Å²) in [6.07, 6.45) is 4.99. The van der Waals surface area contributed by atoms with Crippen LogP contribution in [-0.4, -0.2) is 28.7 Å². The molecule has 0 spiro atoms. The van der Waals surface area contributed by atoms with Gasteiger partial charge in [-0.3, -0.25) is 9.59 Å². The Morgan fingerprint density at radius 2 is 1.73 bits per heavy atom. The van der Waals surface area contributed by atoms with E-state index in [1.165, 1.54) is 23.5 Å². The SMILES string of the molecule is COc1ccc(Cn2c(=O)c(C(=O)O)cc3c(NC(=O)C45CC(C)CC(CC(C)C4)C5)cccc32)cc1. The molecule has 194 valence electrons. The highest BCUT2D eigenvalue weighted by Crippen LogP contribution is 2.53. The molecule has 2 N–H and O–H groups in total. The van der Waals surface area contributed by atoms with E-state index < -0.39 is 16.9 Å². The zero-order valence-electron chi connectivity index (χ0n) is 21.6. The standard InChI is InChI=1S/C30H34N2O5/c1-18-11-21-12-19(2)15-30(14-18,16-21)29(36)31-25-5-4-6-26-23(25)13-24(28(34)35)27(33)32(26)17-20-7-9-22(37-3)10-8-20/h4-10,13,18-19,21H,11-12,14-17H2,1-3H3,(H,31,36)(H,34,35). The Bertz CT molecular complexity index is 1390. The van der Waals surface area contributed by atoms with E-state index in [0.29, 0.717) is 40.1 Å². The summed E-state index contributed by atoms with van der Waals surface area (Å²) in [6, 6.07) is 14.1. The Kier molecular flexibility index (Phi) is 6.56. The molecule has 2 fully saturated rings. The molecule has 2 aliphatic carbocycles. The Hall–Kier alpha value is -3.61. The van der Waals surface area contributed by atoms with E-state index in [9.17, 15) is 19.5 Å². The van der Waals surface area contributed by atoms with Crippen LogP contribution in [0.2, 0.25) is 0 Å². The molecule has 1 amide bonds. The molecule has 1 aromatic heterocycles. The molecule has 37 heavy (non-hydrogen) atoms. The molecule has 2 atom stereocenters. The molecule has 0 radical (unpaired) electrons. The van der Waals surface area contributed by atoms with Crippen LogP contribution >= 0.6 is 0 Å². The maximum Gasteiger partial charge on any atom is 0.341 e. The van der Waals surface area contributed by atoms with Gasteiger partial charge in [0.1, 0.15) is 11.3 Å². The molecule has 7 nitrogen and oxygen atoms in total. The second-order valence-electron chi connectivity index (χ2n) is 11.2. The minimum absolute atomic E-state index is 0.00730. The van der Waals surface area contributed by atoms with Crippen LogP contribution in [-0.2, 0) is 11.3 Å². The molecule has 2 saturated carbocycles. The molecule has 0 saturated heterocycles. The predicted molar refractivity (Wildman–Crippen MR) is 143 cm³/mol. The predicted octanol–water partition coefficient (Wildman–Crippen LogP) is 5.55. The molecule has 7 heteroatoms. The highest BCUT2D eigenvalue weighted by atomic mass is 16.5. The highest BCUT2D eigenvalue weighted by Gasteiger charge is 2.49. The number of hydrogen-bond acceptors (Lipinski definition) is 4. The lowest BCUT2D eigenvalue weighted by molar-refractivity contribution is -0.133.